The van der Waals surface area contributed by atoms with Crippen LogP contribution in [0.2, 0.25) is 0 Å². The topological polar surface area (TPSA) is 55.8 Å². The lowest BCUT2D eigenvalue weighted by atomic mass is 9.51. The van der Waals surface area contributed by atoms with Gasteiger partial charge in [-0.1, -0.05) is 19.1 Å². The van der Waals surface area contributed by atoms with Gasteiger partial charge < -0.3 is 14.6 Å². The summed E-state index contributed by atoms with van der Waals surface area (Å²) in [6.45, 7) is 3.25. The number of fused-ring (bicyclic) bond motifs is 1. The summed E-state index contributed by atoms with van der Waals surface area (Å²) in [5, 5.41) is 9.54. The maximum atomic E-state index is 13.5. The van der Waals surface area contributed by atoms with E-state index in [0.29, 0.717) is 38.0 Å². The van der Waals surface area contributed by atoms with E-state index >= 15 is 0 Å². The fourth-order valence-electron chi connectivity index (χ4n) is 5.24. The summed E-state index contributed by atoms with van der Waals surface area (Å²) in [7, 11) is 0. The molecule has 4 nitrogen and oxygen atoms in total. The normalized spacial score (nSPS) is 35.9. The van der Waals surface area contributed by atoms with Crippen molar-refractivity contribution in [2.75, 3.05) is 13.2 Å². The Kier molecular flexibility index (Phi) is 3.96. The second-order valence-corrected chi connectivity index (χ2v) is 7.40. The Balaban J connectivity index is 1.83. The van der Waals surface area contributed by atoms with Gasteiger partial charge in [0, 0.05) is 17.9 Å². The van der Waals surface area contributed by atoms with Gasteiger partial charge in [-0.15, -0.1) is 0 Å². The van der Waals surface area contributed by atoms with Gasteiger partial charge in [-0.2, -0.15) is 0 Å². The smallest absolute Gasteiger partial charge is 0.172 e. The maximum Gasteiger partial charge on any atom is 0.172 e. The molecule has 0 bridgehead atoms. The van der Waals surface area contributed by atoms with Crippen molar-refractivity contribution in [3.05, 3.63) is 47.5 Å². The van der Waals surface area contributed by atoms with E-state index in [1.54, 1.807) is 12.1 Å². The first-order chi connectivity index (χ1) is 12.0. The molecule has 25 heavy (non-hydrogen) atoms. The molecule has 4 rings (SSSR count). The molecule has 1 heterocycles. The predicted octanol–water partition coefficient (Wildman–Crippen LogP) is 3.66. The van der Waals surface area contributed by atoms with Gasteiger partial charge in [-0.3, -0.25) is 4.79 Å². The molecule has 0 unspecified atom stereocenters. The van der Waals surface area contributed by atoms with E-state index < -0.39 is 11.2 Å². The Labute approximate surface area is 146 Å². The zero-order valence-electron chi connectivity index (χ0n) is 14.3. The van der Waals surface area contributed by atoms with Gasteiger partial charge in [0.25, 0.3) is 0 Å². The summed E-state index contributed by atoms with van der Waals surface area (Å²) in [6, 6.07) is 6.23. The van der Waals surface area contributed by atoms with Crippen molar-refractivity contribution in [2.45, 2.75) is 43.8 Å². The summed E-state index contributed by atoms with van der Waals surface area (Å²) >= 11 is 0. The van der Waals surface area contributed by atoms with Crippen LogP contribution in [-0.2, 0) is 19.7 Å². The summed E-state index contributed by atoms with van der Waals surface area (Å²) in [4.78, 5) is 13.3. The minimum atomic E-state index is -0.750. The summed E-state index contributed by atoms with van der Waals surface area (Å²) in [5.41, 5.74) is 0.528. The molecule has 2 aliphatic carbocycles. The number of ketones is 1. The van der Waals surface area contributed by atoms with Crippen LogP contribution in [0.5, 0.6) is 0 Å². The van der Waals surface area contributed by atoms with Crippen molar-refractivity contribution >= 4 is 5.78 Å². The van der Waals surface area contributed by atoms with Crippen molar-refractivity contribution in [3.63, 3.8) is 0 Å². The van der Waals surface area contributed by atoms with E-state index in [1.807, 2.05) is 0 Å². The van der Waals surface area contributed by atoms with Crippen LogP contribution in [0.1, 0.15) is 38.2 Å². The van der Waals surface area contributed by atoms with Gasteiger partial charge in [0.1, 0.15) is 5.82 Å². The Hall–Kier alpha value is -1.72. The lowest BCUT2D eigenvalue weighted by molar-refractivity contribution is -0.234. The van der Waals surface area contributed by atoms with E-state index in [4.69, 9.17) is 9.47 Å². The highest BCUT2D eigenvalue weighted by molar-refractivity contribution is 6.04. The van der Waals surface area contributed by atoms with Crippen molar-refractivity contribution in [1.82, 2.24) is 0 Å². The molecule has 0 aromatic heterocycles. The fourth-order valence-corrected chi connectivity index (χ4v) is 5.24. The average Bonchev–Trinajstić information content (AvgIpc) is 3.10. The van der Waals surface area contributed by atoms with Gasteiger partial charge in [0.15, 0.2) is 11.6 Å². The van der Waals surface area contributed by atoms with Gasteiger partial charge in [-0.05, 0) is 42.9 Å². The van der Waals surface area contributed by atoms with Crippen molar-refractivity contribution < 1.29 is 23.8 Å². The first-order valence-electron chi connectivity index (χ1n) is 8.95. The first kappa shape index (κ1) is 16.7. The minimum Gasteiger partial charge on any atom is -0.515 e. The molecule has 3 atom stereocenters. The van der Waals surface area contributed by atoms with Crippen LogP contribution in [0.3, 0.4) is 0 Å². The highest BCUT2D eigenvalue weighted by Crippen LogP contribution is 2.58. The molecule has 0 radical (unpaired) electrons. The number of hydrogen-bond acceptors (Lipinski definition) is 4. The third-order valence-electron chi connectivity index (χ3n) is 6.51. The van der Waals surface area contributed by atoms with Crippen LogP contribution >= 0.6 is 0 Å². The highest BCUT2D eigenvalue weighted by Gasteiger charge is 2.61. The van der Waals surface area contributed by atoms with Crippen molar-refractivity contribution in [3.8, 4) is 0 Å². The van der Waals surface area contributed by atoms with Crippen molar-refractivity contribution in [1.29, 1.82) is 0 Å². The third-order valence-corrected chi connectivity index (χ3v) is 6.51. The molecule has 1 saturated heterocycles. The first-order valence-corrected chi connectivity index (χ1v) is 8.95. The molecule has 134 valence electrons. The predicted molar refractivity (Wildman–Crippen MR) is 89.6 cm³/mol. The molecule has 3 aliphatic rings. The SMILES string of the molecule is C[C@H]1[C@@H]2CCC(=CO)C(=O)[C@@]2(c2ccc(F)cc2)CCC12OCCO2. The number of carbonyl (C=O) groups excluding carboxylic acids is 1. The standard InChI is InChI=1S/C20H23FO4/c1-13-17-7-2-14(12-22)18(23)19(17,15-3-5-16(21)6-4-15)8-9-20(13)24-10-11-25-20/h3-6,12-13,17,22H,2,7-11H2,1H3/t13-,17-,19+/m0/s1. The summed E-state index contributed by atoms with van der Waals surface area (Å²) in [5.74, 6) is -0.910. The van der Waals surface area contributed by atoms with E-state index in [1.165, 1.54) is 12.1 Å². The number of ether oxygens (including phenoxy) is 2. The Morgan fingerprint density at radius 2 is 1.88 bits per heavy atom. The fraction of sp³-hybridized carbons (Fsp3) is 0.550. The second-order valence-electron chi connectivity index (χ2n) is 7.40. The van der Waals surface area contributed by atoms with Crippen LogP contribution in [-0.4, -0.2) is 29.9 Å². The van der Waals surface area contributed by atoms with Gasteiger partial charge in [0.05, 0.1) is 24.9 Å². The molecule has 0 amide bonds. The maximum absolute atomic E-state index is 13.5. The van der Waals surface area contributed by atoms with E-state index in [0.717, 1.165) is 18.2 Å². The van der Waals surface area contributed by atoms with Crippen LogP contribution in [0.25, 0.3) is 0 Å². The largest absolute Gasteiger partial charge is 0.515 e. The average molecular weight is 346 g/mol. The van der Waals surface area contributed by atoms with Crippen LogP contribution in [0, 0.1) is 17.7 Å². The molecule has 3 fully saturated rings. The number of Topliss-reactive ketones (excluding diaryl/α,β-unsaturated/α-hetero) is 1. The summed E-state index contributed by atoms with van der Waals surface area (Å²) in [6.07, 6.45) is 3.45. The van der Waals surface area contributed by atoms with Gasteiger partial charge >= 0.3 is 0 Å². The molecule has 1 spiro atoms. The van der Waals surface area contributed by atoms with E-state index in [9.17, 15) is 14.3 Å². The zero-order valence-corrected chi connectivity index (χ0v) is 14.3. The molecule has 5 heteroatoms. The summed E-state index contributed by atoms with van der Waals surface area (Å²) < 4.78 is 25.4. The number of benzene rings is 1. The molecule has 1 N–H and O–H groups in total. The van der Waals surface area contributed by atoms with Crippen LogP contribution in [0.15, 0.2) is 36.1 Å². The molecular weight excluding hydrogens is 323 g/mol. The molecule has 2 saturated carbocycles. The Morgan fingerprint density at radius 1 is 1.20 bits per heavy atom. The quantitative estimate of drug-likeness (QED) is 0.623. The Morgan fingerprint density at radius 3 is 2.52 bits per heavy atom. The number of halogens is 1. The zero-order chi connectivity index (χ0) is 17.7. The van der Waals surface area contributed by atoms with E-state index in [-0.39, 0.29) is 23.4 Å². The number of carbonyl (C=O) groups is 1. The van der Waals surface area contributed by atoms with Gasteiger partial charge in [0.2, 0.25) is 0 Å². The third kappa shape index (κ3) is 2.29. The number of aliphatic hydroxyl groups is 1. The monoisotopic (exact) mass is 346 g/mol. The van der Waals surface area contributed by atoms with Crippen molar-refractivity contribution in [2.24, 2.45) is 11.8 Å². The molecule has 1 aliphatic heterocycles. The molecular formula is C20H23FO4. The van der Waals surface area contributed by atoms with Gasteiger partial charge in [-0.25, -0.2) is 4.39 Å². The van der Waals surface area contributed by atoms with Crippen LogP contribution < -0.4 is 0 Å². The lowest BCUT2D eigenvalue weighted by Crippen LogP contribution is -2.59. The number of allylic oxidation sites excluding steroid dienone is 1. The lowest BCUT2D eigenvalue weighted by Gasteiger charge is -2.55. The highest BCUT2D eigenvalue weighted by atomic mass is 19.1. The molecule has 1 aromatic carbocycles. The van der Waals surface area contributed by atoms with E-state index in [2.05, 4.69) is 6.92 Å². The number of hydrogen-bond donors (Lipinski definition) is 1. The number of aliphatic hydroxyl groups excluding tert-OH is 1. The minimum absolute atomic E-state index is 0.0287. The number of rotatable bonds is 1. The Bertz CT molecular complexity index is 705. The molecule has 1 aromatic rings. The van der Waals surface area contributed by atoms with Crippen LogP contribution in [0.4, 0.5) is 4.39 Å². The second kappa shape index (κ2) is 5.92.